The maximum absolute atomic E-state index is 12.3. The van der Waals surface area contributed by atoms with Crippen LogP contribution in [0.3, 0.4) is 0 Å². The largest absolute Gasteiger partial charge is 0.455 e. The van der Waals surface area contributed by atoms with E-state index < -0.39 is 12.1 Å². The number of fused-ring (bicyclic) bond motifs is 1. The van der Waals surface area contributed by atoms with Gasteiger partial charge in [0.25, 0.3) is 0 Å². The molecule has 140 valence electrons. The molecular formula is C18H15Cl2N3O4. The molecule has 7 nitrogen and oxygen atoms in total. The van der Waals surface area contributed by atoms with Gasteiger partial charge in [-0.25, -0.2) is 14.6 Å². The van der Waals surface area contributed by atoms with Crippen LogP contribution >= 0.6 is 23.2 Å². The molecule has 0 radical (unpaired) electrons. The Kier molecular flexibility index (Phi) is 4.67. The number of esters is 1. The molecule has 4 rings (SSSR count). The van der Waals surface area contributed by atoms with Gasteiger partial charge in [-0.05, 0) is 31.3 Å². The number of likely N-dealkylation sites (N-methyl/N-ethyl adjacent to an activating group) is 1. The lowest BCUT2D eigenvalue weighted by molar-refractivity contribution is -0.0216. The first-order valence-corrected chi connectivity index (χ1v) is 8.99. The molecule has 2 aromatic rings. The number of anilines is 1. The van der Waals surface area contributed by atoms with Crippen LogP contribution in [0.4, 0.5) is 10.5 Å². The van der Waals surface area contributed by atoms with E-state index in [-0.39, 0.29) is 23.4 Å². The number of pyridine rings is 1. The first kappa shape index (κ1) is 18.0. The molecule has 0 N–H and O–H groups in total. The van der Waals surface area contributed by atoms with Crippen LogP contribution in [-0.2, 0) is 11.3 Å². The maximum atomic E-state index is 12.3. The fraction of sp³-hybridized carbons (Fsp3) is 0.278. The second kappa shape index (κ2) is 6.99. The fourth-order valence-corrected chi connectivity index (χ4v) is 3.59. The summed E-state index contributed by atoms with van der Waals surface area (Å²) in [5.74, 6) is -0.175. The molecule has 2 aliphatic rings. The van der Waals surface area contributed by atoms with E-state index in [0.717, 1.165) is 0 Å². The van der Waals surface area contributed by atoms with Gasteiger partial charge in [0.1, 0.15) is 11.8 Å². The Labute approximate surface area is 165 Å². The van der Waals surface area contributed by atoms with E-state index in [1.165, 1.54) is 23.2 Å². The van der Waals surface area contributed by atoms with Crippen molar-refractivity contribution in [1.29, 1.82) is 0 Å². The quantitative estimate of drug-likeness (QED) is 0.726. The number of carbonyl (C=O) groups is 2. The van der Waals surface area contributed by atoms with Crippen LogP contribution in [0.1, 0.15) is 16.1 Å². The summed E-state index contributed by atoms with van der Waals surface area (Å²) in [4.78, 5) is 32.0. The number of hydrogen-bond donors (Lipinski definition) is 0. The number of hydrogen-bond acceptors (Lipinski definition) is 6. The van der Waals surface area contributed by atoms with Gasteiger partial charge >= 0.3 is 12.1 Å². The van der Waals surface area contributed by atoms with E-state index in [9.17, 15) is 9.59 Å². The number of halogens is 2. The minimum absolute atomic E-state index is 0.105. The van der Waals surface area contributed by atoms with Gasteiger partial charge in [-0.2, -0.15) is 0 Å². The van der Waals surface area contributed by atoms with E-state index in [4.69, 9.17) is 32.7 Å². The zero-order valence-electron chi connectivity index (χ0n) is 14.3. The predicted octanol–water partition coefficient (Wildman–Crippen LogP) is 3.38. The molecule has 1 amide bonds. The third-order valence-corrected chi connectivity index (χ3v) is 4.90. The summed E-state index contributed by atoms with van der Waals surface area (Å²) in [6.45, 7) is 1.66. The van der Waals surface area contributed by atoms with Gasteiger partial charge in [-0.1, -0.05) is 23.2 Å². The van der Waals surface area contributed by atoms with Gasteiger partial charge in [0.2, 0.25) is 0 Å². The lowest BCUT2D eigenvalue weighted by atomic mass is 10.1. The minimum atomic E-state index is -0.582. The van der Waals surface area contributed by atoms with Crippen molar-refractivity contribution in [2.45, 2.75) is 12.6 Å². The molecule has 0 saturated carbocycles. The predicted molar refractivity (Wildman–Crippen MR) is 99.6 cm³/mol. The Morgan fingerprint density at radius 1 is 1.30 bits per heavy atom. The molecule has 0 atom stereocenters. The lowest BCUT2D eigenvalue weighted by Crippen LogP contribution is -2.50. The van der Waals surface area contributed by atoms with Crippen LogP contribution in [0.25, 0.3) is 0 Å². The Hall–Kier alpha value is -2.35. The molecule has 1 aromatic heterocycles. The molecule has 9 heteroatoms. The third-order valence-electron chi connectivity index (χ3n) is 4.40. The van der Waals surface area contributed by atoms with Crippen molar-refractivity contribution in [2.75, 3.05) is 25.0 Å². The highest BCUT2D eigenvalue weighted by Gasteiger charge is 2.30. The van der Waals surface area contributed by atoms with Crippen molar-refractivity contribution >= 4 is 41.0 Å². The van der Waals surface area contributed by atoms with Gasteiger partial charge in [0, 0.05) is 23.7 Å². The molecule has 1 saturated heterocycles. The first-order valence-electron chi connectivity index (χ1n) is 8.23. The van der Waals surface area contributed by atoms with E-state index in [1.54, 1.807) is 12.1 Å². The van der Waals surface area contributed by atoms with Crippen molar-refractivity contribution in [3.63, 3.8) is 0 Å². The van der Waals surface area contributed by atoms with Gasteiger partial charge in [-0.15, -0.1) is 0 Å². The van der Waals surface area contributed by atoms with Crippen LogP contribution in [0, 0.1) is 0 Å². The first-order chi connectivity index (χ1) is 12.9. The van der Waals surface area contributed by atoms with Crippen LogP contribution in [0.15, 0.2) is 30.5 Å². The Balaban J connectivity index is 1.50. The normalized spacial score (nSPS) is 17.1. The Bertz CT molecular complexity index is 914. The molecule has 2 aliphatic heterocycles. The highest BCUT2D eigenvalue weighted by atomic mass is 35.5. The van der Waals surface area contributed by atoms with Gasteiger partial charge in [-0.3, -0.25) is 9.80 Å². The topological polar surface area (TPSA) is 72.0 Å². The highest BCUT2D eigenvalue weighted by Crippen LogP contribution is 2.37. The van der Waals surface area contributed by atoms with E-state index >= 15 is 0 Å². The molecule has 0 aliphatic carbocycles. The zero-order chi connectivity index (χ0) is 19.1. The van der Waals surface area contributed by atoms with Crippen LogP contribution in [0.2, 0.25) is 10.0 Å². The second-order valence-corrected chi connectivity index (χ2v) is 7.32. The number of nitrogens with zero attached hydrogens (tertiary/aromatic N) is 3. The number of carbonyl (C=O) groups excluding carboxylic acids is 2. The van der Waals surface area contributed by atoms with Gasteiger partial charge in [0.05, 0.1) is 23.5 Å². The molecule has 0 bridgehead atoms. The van der Waals surface area contributed by atoms with Gasteiger partial charge < -0.3 is 9.47 Å². The SMILES string of the molecule is CN1CC(OC(=O)c2ccc(N3Cc4cc(Cl)cc(Cl)c4OC3=O)cn2)C1. The van der Waals surface area contributed by atoms with Crippen molar-refractivity contribution < 1.29 is 19.1 Å². The average molecular weight is 408 g/mol. The number of aromatic nitrogens is 1. The van der Waals surface area contributed by atoms with Crippen molar-refractivity contribution in [3.05, 3.63) is 51.8 Å². The Morgan fingerprint density at radius 3 is 2.74 bits per heavy atom. The van der Waals surface area contributed by atoms with Crippen molar-refractivity contribution in [1.82, 2.24) is 9.88 Å². The summed E-state index contributed by atoms with van der Waals surface area (Å²) in [5.41, 5.74) is 1.36. The summed E-state index contributed by atoms with van der Waals surface area (Å²) in [7, 11) is 1.95. The highest BCUT2D eigenvalue weighted by molar-refractivity contribution is 6.35. The molecule has 0 unspecified atom stereocenters. The summed E-state index contributed by atoms with van der Waals surface area (Å²) in [6.07, 6.45) is 0.746. The molecule has 0 spiro atoms. The molecule has 27 heavy (non-hydrogen) atoms. The standard InChI is InChI=1S/C18H15Cl2N3O4/c1-22-8-13(9-22)26-17(24)15-3-2-12(6-21-15)23-7-10-4-11(19)5-14(20)16(10)27-18(23)25/h2-6,13H,7-9H2,1H3. The Morgan fingerprint density at radius 2 is 2.07 bits per heavy atom. The number of likely N-dealkylation sites (tertiary alicyclic amines) is 1. The molecule has 1 aromatic carbocycles. The maximum Gasteiger partial charge on any atom is 0.420 e. The van der Waals surface area contributed by atoms with E-state index in [2.05, 4.69) is 4.98 Å². The summed E-state index contributed by atoms with van der Waals surface area (Å²) < 4.78 is 10.7. The zero-order valence-corrected chi connectivity index (χ0v) is 15.8. The summed E-state index contributed by atoms with van der Waals surface area (Å²) in [5, 5.41) is 0.734. The average Bonchev–Trinajstić information content (AvgIpc) is 2.61. The van der Waals surface area contributed by atoms with Gasteiger partial charge in [0.15, 0.2) is 5.75 Å². The van der Waals surface area contributed by atoms with Crippen LogP contribution in [0.5, 0.6) is 5.75 Å². The number of rotatable bonds is 3. The third kappa shape index (κ3) is 3.58. The molecular weight excluding hydrogens is 393 g/mol. The minimum Gasteiger partial charge on any atom is -0.455 e. The number of amides is 1. The summed E-state index contributed by atoms with van der Waals surface area (Å²) >= 11 is 12.1. The fourth-order valence-electron chi connectivity index (χ4n) is 3.01. The lowest BCUT2D eigenvalue weighted by Gasteiger charge is -2.35. The smallest absolute Gasteiger partial charge is 0.420 e. The number of benzene rings is 1. The van der Waals surface area contributed by atoms with Crippen molar-refractivity contribution in [2.24, 2.45) is 0 Å². The molecule has 3 heterocycles. The van der Waals surface area contributed by atoms with Crippen LogP contribution in [-0.4, -0.2) is 48.2 Å². The summed E-state index contributed by atoms with van der Waals surface area (Å²) in [6, 6.07) is 6.35. The molecule has 1 fully saturated rings. The van der Waals surface area contributed by atoms with Crippen LogP contribution < -0.4 is 9.64 Å². The van der Waals surface area contributed by atoms with Crippen molar-refractivity contribution in [3.8, 4) is 5.75 Å². The van der Waals surface area contributed by atoms with E-state index in [0.29, 0.717) is 35.1 Å². The second-order valence-electron chi connectivity index (χ2n) is 6.48. The van der Waals surface area contributed by atoms with E-state index in [1.807, 2.05) is 11.9 Å². The monoisotopic (exact) mass is 407 g/mol. The number of ether oxygens (including phenoxy) is 2.